The van der Waals surface area contributed by atoms with Crippen molar-refractivity contribution in [2.45, 2.75) is 60.6 Å². The summed E-state index contributed by atoms with van der Waals surface area (Å²) in [6, 6.07) is 17.4. The molecule has 0 spiro atoms. The first kappa shape index (κ1) is 31.7. The van der Waals surface area contributed by atoms with Crippen molar-refractivity contribution in [3.8, 4) is 11.5 Å². The standard InChI is InChI=1S/C34H29ClFNO9S/c1-34(2)45-28-24(43-33(41-3)29(28)46-34)16-42-20-11-12-22-23(14-20)37(15-17-7-9-19(36)10-8-17)31(39)25-26(38)30(32(40)44-27(22)25)47-21-6-4-5-18(35)13-21/h4-14,24,28-29,33,38H,15-16H2,1-3H3/t24-,28-,29-,33-/m1/s1. The Hall–Kier alpha value is -3.91. The minimum Gasteiger partial charge on any atom is -0.505 e. The maximum Gasteiger partial charge on any atom is 0.354 e. The lowest BCUT2D eigenvalue weighted by atomic mass is 10.1. The molecule has 10 nitrogen and oxygen atoms in total. The molecule has 0 amide bonds. The van der Waals surface area contributed by atoms with Crippen molar-refractivity contribution in [1.29, 1.82) is 0 Å². The lowest BCUT2D eigenvalue weighted by molar-refractivity contribution is -0.229. The fraction of sp³-hybridized carbons (Fsp3) is 0.294. The Morgan fingerprint density at radius 3 is 2.55 bits per heavy atom. The van der Waals surface area contributed by atoms with Crippen LogP contribution in [0.5, 0.6) is 11.5 Å². The molecule has 7 rings (SSSR count). The highest BCUT2D eigenvalue weighted by Gasteiger charge is 2.55. The highest BCUT2D eigenvalue weighted by atomic mass is 35.5. The molecule has 2 aliphatic heterocycles. The highest BCUT2D eigenvalue weighted by Crippen LogP contribution is 2.40. The molecule has 47 heavy (non-hydrogen) atoms. The van der Waals surface area contributed by atoms with E-state index in [0.717, 1.165) is 11.8 Å². The molecule has 13 heteroatoms. The van der Waals surface area contributed by atoms with Crippen LogP contribution in [0.1, 0.15) is 19.4 Å². The maximum absolute atomic E-state index is 14.2. The van der Waals surface area contributed by atoms with Gasteiger partial charge in [0.05, 0.1) is 12.1 Å². The maximum atomic E-state index is 14.2. The summed E-state index contributed by atoms with van der Waals surface area (Å²) in [5, 5.41) is 12.0. The molecule has 2 aromatic heterocycles. The molecule has 0 radical (unpaired) electrons. The monoisotopic (exact) mass is 681 g/mol. The van der Waals surface area contributed by atoms with Gasteiger partial charge >= 0.3 is 5.63 Å². The van der Waals surface area contributed by atoms with Crippen molar-refractivity contribution >= 4 is 45.2 Å². The average molecular weight is 682 g/mol. The lowest BCUT2D eigenvalue weighted by Crippen LogP contribution is -2.34. The normalized spacial score (nSPS) is 21.8. The van der Waals surface area contributed by atoms with Gasteiger partial charge < -0.3 is 37.8 Å². The van der Waals surface area contributed by atoms with Gasteiger partial charge in [0.15, 0.2) is 23.4 Å². The molecular formula is C34H29ClFNO9S. The van der Waals surface area contributed by atoms with E-state index in [1.807, 2.05) is 13.8 Å². The largest absolute Gasteiger partial charge is 0.505 e. The van der Waals surface area contributed by atoms with Gasteiger partial charge in [-0.1, -0.05) is 41.6 Å². The second-order valence-corrected chi connectivity index (χ2v) is 13.2. The molecular weight excluding hydrogens is 653 g/mol. The molecule has 0 bridgehead atoms. The molecule has 1 N–H and O–H groups in total. The third-order valence-corrected chi connectivity index (χ3v) is 9.34. The van der Waals surface area contributed by atoms with Crippen LogP contribution in [0.2, 0.25) is 5.02 Å². The summed E-state index contributed by atoms with van der Waals surface area (Å²) in [5.41, 5.74) is -0.522. The Labute approximate surface area is 276 Å². The van der Waals surface area contributed by atoms with Crippen LogP contribution in [0.15, 0.2) is 90.5 Å². The Bertz CT molecular complexity index is 2120. The third-order valence-electron chi connectivity index (χ3n) is 8.05. The highest BCUT2D eigenvalue weighted by molar-refractivity contribution is 7.99. The number of nitrogens with zero attached hydrogens (tertiary/aromatic N) is 1. The number of methoxy groups -OCH3 is 1. The Morgan fingerprint density at radius 1 is 1.04 bits per heavy atom. The molecule has 0 saturated carbocycles. The first-order valence-corrected chi connectivity index (χ1v) is 15.9. The summed E-state index contributed by atoms with van der Waals surface area (Å²) in [7, 11) is 1.53. The number of aromatic nitrogens is 1. The van der Waals surface area contributed by atoms with E-state index < -0.39 is 53.1 Å². The molecule has 2 fully saturated rings. The summed E-state index contributed by atoms with van der Waals surface area (Å²) < 4.78 is 50.5. The number of aromatic hydroxyl groups is 1. The number of hydrogen-bond acceptors (Lipinski definition) is 10. The van der Waals surface area contributed by atoms with E-state index in [2.05, 4.69) is 0 Å². The van der Waals surface area contributed by atoms with Gasteiger partial charge in [0.1, 0.15) is 46.8 Å². The fourth-order valence-corrected chi connectivity index (χ4v) is 7.12. The van der Waals surface area contributed by atoms with Crippen molar-refractivity contribution in [3.05, 3.63) is 104 Å². The second-order valence-electron chi connectivity index (χ2n) is 11.7. The van der Waals surface area contributed by atoms with Crippen LogP contribution in [0.25, 0.3) is 21.9 Å². The van der Waals surface area contributed by atoms with Gasteiger partial charge in [-0.2, -0.15) is 0 Å². The van der Waals surface area contributed by atoms with Gasteiger partial charge in [-0.05, 0) is 61.9 Å². The smallest absolute Gasteiger partial charge is 0.354 e. The van der Waals surface area contributed by atoms with E-state index >= 15 is 0 Å². The molecule has 5 aromatic rings. The molecule has 244 valence electrons. The predicted octanol–water partition coefficient (Wildman–Crippen LogP) is 6.08. The van der Waals surface area contributed by atoms with Gasteiger partial charge in [0, 0.05) is 28.5 Å². The Morgan fingerprint density at radius 2 is 1.81 bits per heavy atom. The van der Waals surface area contributed by atoms with Crippen LogP contribution in [0.4, 0.5) is 4.39 Å². The minimum absolute atomic E-state index is 0.0234. The van der Waals surface area contributed by atoms with Crippen LogP contribution < -0.4 is 15.9 Å². The van der Waals surface area contributed by atoms with Crippen LogP contribution in [-0.2, 0) is 25.5 Å². The molecule has 0 unspecified atom stereocenters. The minimum atomic E-state index is -0.820. The summed E-state index contributed by atoms with van der Waals surface area (Å²) in [6.07, 6.45) is -1.99. The van der Waals surface area contributed by atoms with Crippen LogP contribution in [-0.4, -0.2) is 53.8 Å². The van der Waals surface area contributed by atoms with E-state index in [-0.39, 0.29) is 29.0 Å². The van der Waals surface area contributed by atoms with Crippen molar-refractivity contribution < 1.29 is 37.6 Å². The van der Waals surface area contributed by atoms with E-state index in [1.54, 1.807) is 54.6 Å². The summed E-state index contributed by atoms with van der Waals surface area (Å²) in [6.45, 7) is 3.75. The van der Waals surface area contributed by atoms with E-state index in [1.165, 1.54) is 23.8 Å². The first-order valence-electron chi connectivity index (χ1n) is 14.7. The van der Waals surface area contributed by atoms with E-state index in [0.29, 0.717) is 32.1 Å². The zero-order chi connectivity index (χ0) is 33.0. The van der Waals surface area contributed by atoms with Crippen molar-refractivity contribution in [3.63, 3.8) is 0 Å². The van der Waals surface area contributed by atoms with Gasteiger partial charge in [0.2, 0.25) is 0 Å². The second kappa shape index (κ2) is 12.3. The average Bonchev–Trinajstić information content (AvgIpc) is 3.53. The number of ether oxygens (including phenoxy) is 5. The van der Waals surface area contributed by atoms with Gasteiger partial charge in [-0.3, -0.25) is 4.79 Å². The molecule has 4 heterocycles. The number of halogens is 2. The van der Waals surface area contributed by atoms with Gasteiger partial charge in [0.25, 0.3) is 5.56 Å². The summed E-state index contributed by atoms with van der Waals surface area (Å²) >= 11 is 7.05. The number of hydrogen-bond donors (Lipinski definition) is 1. The quantitative estimate of drug-likeness (QED) is 0.193. The first-order chi connectivity index (χ1) is 22.5. The Balaban J connectivity index is 1.30. The number of rotatable bonds is 8. The summed E-state index contributed by atoms with van der Waals surface area (Å²) in [4.78, 5) is 27.8. The predicted molar refractivity (Wildman–Crippen MR) is 172 cm³/mol. The van der Waals surface area contributed by atoms with Crippen molar-refractivity contribution in [2.24, 2.45) is 0 Å². The number of pyridine rings is 1. The van der Waals surface area contributed by atoms with Crippen LogP contribution >= 0.6 is 23.4 Å². The molecule has 2 saturated heterocycles. The Kier molecular flexibility index (Phi) is 8.27. The molecule has 3 aromatic carbocycles. The molecule has 4 atom stereocenters. The van der Waals surface area contributed by atoms with Crippen LogP contribution in [0, 0.1) is 5.82 Å². The molecule has 2 aliphatic rings. The van der Waals surface area contributed by atoms with E-state index in [4.69, 9.17) is 39.7 Å². The lowest BCUT2D eigenvalue weighted by Gasteiger charge is -2.23. The topological polar surface area (TPSA) is 119 Å². The zero-order valence-electron chi connectivity index (χ0n) is 25.4. The van der Waals surface area contributed by atoms with Gasteiger partial charge in [-0.15, -0.1) is 0 Å². The third kappa shape index (κ3) is 6.01. The van der Waals surface area contributed by atoms with Gasteiger partial charge in [-0.25, -0.2) is 9.18 Å². The van der Waals surface area contributed by atoms with Crippen LogP contribution in [0.3, 0.4) is 0 Å². The molecule has 0 aliphatic carbocycles. The summed E-state index contributed by atoms with van der Waals surface area (Å²) in [5.74, 6) is -1.35. The number of benzene rings is 3. The van der Waals surface area contributed by atoms with Crippen molar-refractivity contribution in [2.75, 3.05) is 13.7 Å². The fourth-order valence-electron chi connectivity index (χ4n) is 5.97. The van der Waals surface area contributed by atoms with E-state index in [9.17, 15) is 19.1 Å². The SMILES string of the molecule is CO[C@@H]1O[C@H](COc2ccc3c4oc(=O)c(Sc5cccc(Cl)c5)c(O)c4c(=O)n(Cc4ccc(F)cc4)c3c2)[C@H]2OC(C)(C)O[C@@H]12. The number of fused-ring (bicyclic) bond motifs is 4. The van der Waals surface area contributed by atoms with Crippen molar-refractivity contribution in [1.82, 2.24) is 4.57 Å². The zero-order valence-corrected chi connectivity index (χ0v) is 27.0.